The lowest BCUT2D eigenvalue weighted by Gasteiger charge is -2.14. The molecule has 0 unspecified atom stereocenters. The van der Waals surface area contributed by atoms with Crippen LogP contribution in [0.1, 0.15) is 43.5 Å². The minimum Gasteiger partial charge on any atom is -0.346 e. The van der Waals surface area contributed by atoms with Gasteiger partial charge in [-0.2, -0.15) is 0 Å². The van der Waals surface area contributed by atoms with Gasteiger partial charge in [0.15, 0.2) is 0 Å². The van der Waals surface area contributed by atoms with Gasteiger partial charge in [-0.15, -0.1) is 0 Å². The van der Waals surface area contributed by atoms with E-state index in [0.717, 1.165) is 17.5 Å². The van der Waals surface area contributed by atoms with Crippen LogP contribution in [-0.2, 0) is 11.2 Å². The number of carbonyl (C=O) groups excluding carboxylic acids is 1. The van der Waals surface area contributed by atoms with Crippen LogP contribution in [0.15, 0.2) is 60.7 Å². The number of hydrogen-bond acceptors (Lipinski definition) is 1. The van der Waals surface area contributed by atoms with Crippen LogP contribution in [0.5, 0.6) is 0 Å². The second-order valence-corrected chi connectivity index (χ2v) is 6.31. The predicted molar refractivity (Wildman–Crippen MR) is 97.0 cm³/mol. The Kier molecular flexibility index (Phi) is 6.16. The van der Waals surface area contributed by atoms with E-state index in [1.54, 1.807) is 6.08 Å². The summed E-state index contributed by atoms with van der Waals surface area (Å²) in [4.78, 5) is 12.0. The first-order valence-corrected chi connectivity index (χ1v) is 8.17. The Morgan fingerprint density at radius 2 is 1.65 bits per heavy atom. The zero-order valence-electron chi connectivity index (χ0n) is 14.1. The average molecular weight is 307 g/mol. The lowest BCUT2D eigenvalue weighted by molar-refractivity contribution is -0.117. The molecule has 1 N–H and O–H groups in total. The zero-order valence-corrected chi connectivity index (χ0v) is 14.1. The van der Waals surface area contributed by atoms with E-state index in [1.807, 2.05) is 43.3 Å². The van der Waals surface area contributed by atoms with Gasteiger partial charge in [-0.25, -0.2) is 0 Å². The zero-order chi connectivity index (χ0) is 16.7. The van der Waals surface area contributed by atoms with Crippen molar-refractivity contribution in [3.05, 3.63) is 77.4 Å². The number of hydrogen-bond donors (Lipinski definition) is 1. The Balaban J connectivity index is 1.91. The minimum atomic E-state index is -0.0763. The van der Waals surface area contributed by atoms with Crippen molar-refractivity contribution in [3.8, 4) is 0 Å². The monoisotopic (exact) mass is 307 g/mol. The summed E-state index contributed by atoms with van der Waals surface area (Å²) in [6.07, 6.45) is 4.49. The van der Waals surface area contributed by atoms with Crippen molar-refractivity contribution in [1.29, 1.82) is 0 Å². The second-order valence-electron chi connectivity index (χ2n) is 6.31. The van der Waals surface area contributed by atoms with E-state index in [0.29, 0.717) is 5.92 Å². The van der Waals surface area contributed by atoms with Gasteiger partial charge in [0.2, 0.25) is 5.91 Å². The second kappa shape index (κ2) is 8.33. The van der Waals surface area contributed by atoms with Crippen molar-refractivity contribution in [2.45, 2.75) is 33.2 Å². The SMILES string of the molecule is CC(C)Cc1ccc([C@@H](C)NC(=O)/C=C/c2ccccc2)cc1. The van der Waals surface area contributed by atoms with Gasteiger partial charge in [0, 0.05) is 6.08 Å². The summed E-state index contributed by atoms with van der Waals surface area (Å²) in [5, 5.41) is 3.00. The molecule has 2 aromatic rings. The minimum absolute atomic E-state index is 0.00368. The van der Waals surface area contributed by atoms with E-state index in [4.69, 9.17) is 0 Å². The molecule has 120 valence electrons. The maximum absolute atomic E-state index is 12.0. The molecule has 23 heavy (non-hydrogen) atoms. The van der Waals surface area contributed by atoms with Gasteiger partial charge < -0.3 is 5.32 Å². The van der Waals surface area contributed by atoms with Gasteiger partial charge in [-0.3, -0.25) is 4.79 Å². The van der Waals surface area contributed by atoms with Crippen LogP contribution in [0.4, 0.5) is 0 Å². The molecular weight excluding hydrogens is 282 g/mol. The van der Waals surface area contributed by atoms with E-state index in [-0.39, 0.29) is 11.9 Å². The fraction of sp³-hybridized carbons (Fsp3) is 0.286. The molecule has 0 bridgehead atoms. The van der Waals surface area contributed by atoms with Crippen LogP contribution >= 0.6 is 0 Å². The van der Waals surface area contributed by atoms with Crippen LogP contribution in [0.3, 0.4) is 0 Å². The van der Waals surface area contributed by atoms with E-state index in [1.165, 1.54) is 5.56 Å². The molecule has 0 aliphatic rings. The molecule has 0 saturated carbocycles. The van der Waals surface area contributed by atoms with Crippen molar-refractivity contribution in [3.63, 3.8) is 0 Å². The van der Waals surface area contributed by atoms with Crippen LogP contribution in [0.25, 0.3) is 6.08 Å². The van der Waals surface area contributed by atoms with Crippen molar-refractivity contribution in [2.24, 2.45) is 5.92 Å². The maximum Gasteiger partial charge on any atom is 0.244 e. The van der Waals surface area contributed by atoms with Crippen LogP contribution < -0.4 is 5.32 Å². The molecule has 2 nitrogen and oxygen atoms in total. The highest BCUT2D eigenvalue weighted by molar-refractivity contribution is 5.91. The van der Waals surface area contributed by atoms with Crippen LogP contribution in [0, 0.1) is 5.92 Å². The summed E-state index contributed by atoms with van der Waals surface area (Å²) in [6, 6.07) is 18.3. The van der Waals surface area contributed by atoms with E-state index < -0.39 is 0 Å². The molecule has 0 fully saturated rings. The van der Waals surface area contributed by atoms with Gasteiger partial charge in [-0.05, 0) is 42.0 Å². The molecule has 0 saturated heterocycles. The molecule has 2 aromatic carbocycles. The highest BCUT2D eigenvalue weighted by atomic mass is 16.1. The topological polar surface area (TPSA) is 29.1 Å². The fourth-order valence-corrected chi connectivity index (χ4v) is 2.49. The number of nitrogens with one attached hydrogen (secondary N) is 1. The molecular formula is C21H25NO. The summed E-state index contributed by atoms with van der Waals surface area (Å²) >= 11 is 0. The van der Waals surface area contributed by atoms with Crippen LogP contribution in [-0.4, -0.2) is 5.91 Å². The summed E-state index contributed by atoms with van der Waals surface area (Å²) < 4.78 is 0. The molecule has 0 spiro atoms. The lowest BCUT2D eigenvalue weighted by Crippen LogP contribution is -2.24. The lowest BCUT2D eigenvalue weighted by atomic mass is 10.00. The molecule has 1 amide bonds. The third-order valence-corrected chi connectivity index (χ3v) is 3.71. The van der Waals surface area contributed by atoms with Crippen molar-refractivity contribution in [2.75, 3.05) is 0 Å². The molecule has 0 heterocycles. The summed E-state index contributed by atoms with van der Waals surface area (Å²) in [5.74, 6) is 0.578. The van der Waals surface area contributed by atoms with Gasteiger partial charge in [0.1, 0.15) is 0 Å². The molecule has 0 radical (unpaired) electrons. The summed E-state index contributed by atoms with van der Waals surface area (Å²) in [6.45, 7) is 6.44. The molecule has 1 atom stereocenters. The Hall–Kier alpha value is -2.35. The van der Waals surface area contributed by atoms with Crippen molar-refractivity contribution in [1.82, 2.24) is 5.32 Å². The first-order chi connectivity index (χ1) is 11.0. The van der Waals surface area contributed by atoms with Gasteiger partial charge in [-0.1, -0.05) is 68.4 Å². The number of amides is 1. The van der Waals surface area contributed by atoms with E-state index >= 15 is 0 Å². The van der Waals surface area contributed by atoms with Crippen LogP contribution in [0.2, 0.25) is 0 Å². The maximum atomic E-state index is 12.0. The average Bonchev–Trinajstić information content (AvgIpc) is 2.54. The predicted octanol–water partition coefficient (Wildman–Crippen LogP) is 4.78. The molecule has 2 heteroatoms. The Morgan fingerprint density at radius 3 is 2.26 bits per heavy atom. The quantitative estimate of drug-likeness (QED) is 0.765. The number of rotatable bonds is 6. The Morgan fingerprint density at radius 1 is 1.00 bits per heavy atom. The molecule has 0 aliphatic carbocycles. The summed E-state index contributed by atoms with van der Waals surface area (Å²) in [7, 11) is 0. The van der Waals surface area contributed by atoms with Gasteiger partial charge >= 0.3 is 0 Å². The Labute approximate surface area is 139 Å². The van der Waals surface area contributed by atoms with Gasteiger partial charge in [0.05, 0.1) is 6.04 Å². The number of benzene rings is 2. The van der Waals surface area contributed by atoms with Crippen molar-refractivity contribution < 1.29 is 4.79 Å². The first kappa shape index (κ1) is 17.0. The smallest absolute Gasteiger partial charge is 0.244 e. The molecule has 2 rings (SSSR count). The third-order valence-electron chi connectivity index (χ3n) is 3.71. The highest BCUT2D eigenvalue weighted by Crippen LogP contribution is 2.15. The highest BCUT2D eigenvalue weighted by Gasteiger charge is 2.07. The number of carbonyl (C=O) groups is 1. The molecule has 0 aromatic heterocycles. The normalized spacial score (nSPS) is 12.5. The van der Waals surface area contributed by atoms with E-state index in [9.17, 15) is 4.79 Å². The standard InChI is InChI=1S/C21H25NO/c1-16(2)15-19-9-12-20(13-10-19)17(3)22-21(23)14-11-18-7-5-4-6-8-18/h4-14,16-17H,15H2,1-3H3,(H,22,23)/b14-11+/t17-/m1/s1. The summed E-state index contributed by atoms with van der Waals surface area (Å²) in [5.41, 5.74) is 3.48. The Bertz CT molecular complexity index is 641. The van der Waals surface area contributed by atoms with Crippen molar-refractivity contribution >= 4 is 12.0 Å². The first-order valence-electron chi connectivity index (χ1n) is 8.17. The molecule has 0 aliphatic heterocycles. The van der Waals surface area contributed by atoms with Gasteiger partial charge in [0.25, 0.3) is 0 Å². The van der Waals surface area contributed by atoms with E-state index in [2.05, 4.69) is 43.4 Å². The largest absolute Gasteiger partial charge is 0.346 e. The fourth-order valence-electron chi connectivity index (χ4n) is 2.49. The third kappa shape index (κ3) is 5.74.